The lowest BCUT2D eigenvalue weighted by molar-refractivity contribution is 0.154. The summed E-state index contributed by atoms with van der Waals surface area (Å²) in [5, 5.41) is 3.83. The van der Waals surface area contributed by atoms with E-state index in [2.05, 4.69) is 28.9 Å². The van der Waals surface area contributed by atoms with Gasteiger partial charge in [-0.2, -0.15) is 5.10 Å². The van der Waals surface area contributed by atoms with Crippen LogP contribution >= 0.6 is 0 Å². The van der Waals surface area contributed by atoms with Crippen LogP contribution in [0.5, 0.6) is 0 Å². The van der Waals surface area contributed by atoms with Crippen molar-refractivity contribution in [3.05, 3.63) is 18.5 Å². The van der Waals surface area contributed by atoms with Crippen LogP contribution in [0.1, 0.15) is 13.3 Å². The van der Waals surface area contributed by atoms with E-state index in [0.29, 0.717) is 0 Å². The standard InChI is InChI=1S/C8H18N2.C4H6N2/c1-3-4-10-7-5-9(2)6-8-10;1-6-4-2-3-5-6/h3-8H2,1-2H3;2-4H,1H3. The molecule has 0 unspecified atom stereocenters. The summed E-state index contributed by atoms with van der Waals surface area (Å²) >= 11 is 0. The molecule has 0 N–H and O–H groups in total. The molecule has 1 fully saturated rings. The number of likely N-dealkylation sites (N-methyl/N-ethyl adjacent to an activating group) is 1. The Morgan fingerprint density at radius 3 is 2.19 bits per heavy atom. The van der Waals surface area contributed by atoms with Crippen LogP contribution in [0.3, 0.4) is 0 Å². The molecule has 0 aliphatic carbocycles. The molecule has 1 saturated heterocycles. The first-order valence-corrected chi connectivity index (χ1v) is 6.07. The minimum Gasteiger partial charge on any atom is -0.304 e. The van der Waals surface area contributed by atoms with Crippen LogP contribution in [-0.4, -0.2) is 59.4 Å². The van der Waals surface area contributed by atoms with Gasteiger partial charge in [-0.25, -0.2) is 0 Å². The van der Waals surface area contributed by atoms with Gasteiger partial charge in [0.1, 0.15) is 0 Å². The SMILES string of the molecule is CCCN1CCN(C)CC1.Cn1cccn1. The van der Waals surface area contributed by atoms with Gasteiger partial charge in [-0.05, 0) is 26.1 Å². The van der Waals surface area contributed by atoms with E-state index >= 15 is 0 Å². The van der Waals surface area contributed by atoms with Crippen molar-refractivity contribution in [3.63, 3.8) is 0 Å². The molecule has 0 atom stereocenters. The highest BCUT2D eigenvalue weighted by Crippen LogP contribution is 1.98. The van der Waals surface area contributed by atoms with Crippen molar-refractivity contribution in [2.24, 2.45) is 7.05 Å². The van der Waals surface area contributed by atoms with E-state index < -0.39 is 0 Å². The summed E-state index contributed by atoms with van der Waals surface area (Å²) in [5.41, 5.74) is 0. The van der Waals surface area contributed by atoms with Crippen LogP contribution in [0.2, 0.25) is 0 Å². The van der Waals surface area contributed by atoms with Crippen molar-refractivity contribution in [2.45, 2.75) is 13.3 Å². The van der Waals surface area contributed by atoms with Gasteiger partial charge in [-0.15, -0.1) is 0 Å². The lowest BCUT2D eigenvalue weighted by Crippen LogP contribution is -2.44. The Balaban J connectivity index is 0.000000181. The monoisotopic (exact) mass is 224 g/mol. The van der Waals surface area contributed by atoms with Crippen molar-refractivity contribution in [1.29, 1.82) is 0 Å². The average molecular weight is 224 g/mol. The van der Waals surface area contributed by atoms with Gasteiger partial charge < -0.3 is 9.80 Å². The Morgan fingerprint density at radius 1 is 1.12 bits per heavy atom. The first-order chi connectivity index (χ1) is 7.72. The van der Waals surface area contributed by atoms with Crippen molar-refractivity contribution in [3.8, 4) is 0 Å². The molecule has 2 heterocycles. The quantitative estimate of drug-likeness (QED) is 0.751. The van der Waals surface area contributed by atoms with E-state index in [1.807, 2.05) is 19.3 Å². The van der Waals surface area contributed by atoms with E-state index in [0.717, 1.165) is 0 Å². The second kappa shape index (κ2) is 7.41. The highest BCUT2D eigenvalue weighted by atomic mass is 15.2. The van der Waals surface area contributed by atoms with Crippen LogP contribution in [0.15, 0.2) is 18.5 Å². The topological polar surface area (TPSA) is 24.3 Å². The van der Waals surface area contributed by atoms with Gasteiger partial charge in [0.2, 0.25) is 0 Å². The highest BCUT2D eigenvalue weighted by Gasteiger charge is 2.11. The molecule has 0 spiro atoms. The number of rotatable bonds is 2. The van der Waals surface area contributed by atoms with E-state index in [4.69, 9.17) is 0 Å². The predicted molar refractivity (Wildman–Crippen MR) is 67.4 cm³/mol. The van der Waals surface area contributed by atoms with Crippen LogP contribution in [0.25, 0.3) is 0 Å². The first-order valence-electron chi connectivity index (χ1n) is 6.07. The molecule has 1 aromatic rings. The summed E-state index contributed by atoms with van der Waals surface area (Å²) in [4.78, 5) is 4.94. The smallest absolute Gasteiger partial charge is 0.0489 e. The van der Waals surface area contributed by atoms with Crippen LogP contribution < -0.4 is 0 Å². The fourth-order valence-electron chi connectivity index (χ4n) is 1.73. The number of hydrogen-bond acceptors (Lipinski definition) is 3. The number of aryl methyl sites for hydroxylation is 1. The van der Waals surface area contributed by atoms with Gasteiger partial charge in [0, 0.05) is 45.6 Å². The molecule has 16 heavy (non-hydrogen) atoms. The third-order valence-electron chi connectivity index (χ3n) is 2.77. The van der Waals surface area contributed by atoms with E-state index in [1.165, 1.54) is 39.1 Å². The zero-order valence-electron chi connectivity index (χ0n) is 10.8. The molecule has 92 valence electrons. The lowest BCUT2D eigenvalue weighted by Gasteiger charge is -2.31. The number of aromatic nitrogens is 2. The van der Waals surface area contributed by atoms with E-state index in [-0.39, 0.29) is 0 Å². The van der Waals surface area contributed by atoms with Gasteiger partial charge in [0.25, 0.3) is 0 Å². The Kier molecular flexibility index (Phi) is 6.11. The third-order valence-corrected chi connectivity index (χ3v) is 2.77. The van der Waals surface area contributed by atoms with Gasteiger partial charge >= 0.3 is 0 Å². The lowest BCUT2D eigenvalue weighted by atomic mass is 10.3. The number of nitrogens with zero attached hydrogens (tertiary/aromatic N) is 4. The van der Waals surface area contributed by atoms with Crippen LogP contribution in [-0.2, 0) is 7.05 Å². The summed E-state index contributed by atoms with van der Waals surface area (Å²) in [6.07, 6.45) is 4.93. The van der Waals surface area contributed by atoms with Crippen LogP contribution in [0, 0.1) is 0 Å². The van der Waals surface area contributed by atoms with Gasteiger partial charge in [-0.3, -0.25) is 4.68 Å². The van der Waals surface area contributed by atoms with Crippen molar-refractivity contribution in [2.75, 3.05) is 39.8 Å². The molecule has 1 aliphatic rings. The van der Waals surface area contributed by atoms with Crippen molar-refractivity contribution >= 4 is 0 Å². The number of hydrogen-bond donors (Lipinski definition) is 0. The minimum atomic E-state index is 1.25. The molecule has 0 radical (unpaired) electrons. The maximum Gasteiger partial charge on any atom is 0.0489 e. The molecular formula is C12H24N4. The largest absolute Gasteiger partial charge is 0.304 e. The number of piperazine rings is 1. The molecule has 0 amide bonds. The van der Waals surface area contributed by atoms with Crippen molar-refractivity contribution in [1.82, 2.24) is 19.6 Å². The summed E-state index contributed by atoms with van der Waals surface area (Å²) in [5.74, 6) is 0. The molecular weight excluding hydrogens is 200 g/mol. The van der Waals surface area contributed by atoms with Crippen LogP contribution in [0.4, 0.5) is 0 Å². The molecule has 4 heteroatoms. The minimum absolute atomic E-state index is 1.25. The fourth-order valence-corrected chi connectivity index (χ4v) is 1.73. The van der Waals surface area contributed by atoms with E-state index in [9.17, 15) is 0 Å². The maximum absolute atomic E-state index is 3.83. The highest BCUT2D eigenvalue weighted by molar-refractivity contribution is 4.75. The average Bonchev–Trinajstić information content (AvgIpc) is 2.74. The first kappa shape index (κ1) is 13.2. The molecule has 1 aromatic heterocycles. The Morgan fingerprint density at radius 2 is 1.81 bits per heavy atom. The molecule has 1 aliphatic heterocycles. The second-order valence-electron chi connectivity index (χ2n) is 4.32. The van der Waals surface area contributed by atoms with Gasteiger partial charge in [0.05, 0.1) is 0 Å². The molecule has 0 bridgehead atoms. The summed E-state index contributed by atoms with van der Waals surface area (Å²) < 4.78 is 1.75. The summed E-state index contributed by atoms with van der Waals surface area (Å²) in [6.45, 7) is 8.57. The molecule has 4 nitrogen and oxygen atoms in total. The molecule has 0 saturated carbocycles. The Labute approximate surface area is 98.8 Å². The third kappa shape index (κ3) is 5.28. The fraction of sp³-hybridized carbons (Fsp3) is 0.750. The Hall–Kier alpha value is -0.870. The zero-order valence-corrected chi connectivity index (χ0v) is 10.8. The van der Waals surface area contributed by atoms with Gasteiger partial charge in [0.15, 0.2) is 0 Å². The second-order valence-corrected chi connectivity index (χ2v) is 4.32. The molecule has 0 aromatic carbocycles. The summed E-state index contributed by atoms with van der Waals surface area (Å²) in [7, 11) is 4.09. The Bertz CT molecular complexity index is 250. The van der Waals surface area contributed by atoms with Gasteiger partial charge in [-0.1, -0.05) is 6.92 Å². The zero-order chi connectivity index (χ0) is 11.8. The normalized spacial score (nSPS) is 17.9. The molecule has 2 rings (SSSR count). The van der Waals surface area contributed by atoms with Crippen molar-refractivity contribution < 1.29 is 0 Å². The van der Waals surface area contributed by atoms with E-state index in [1.54, 1.807) is 10.9 Å². The maximum atomic E-state index is 3.83. The predicted octanol–water partition coefficient (Wildman–Crippen LogP) is 1.06. The summed E-state index contributed by atoms with van der Waals surface area (Å²) in [6, 6.07) is 1.89.